The highest BCUT2D eigenvalue weighted by Crippen LogP contribution is 2.46. The molecule has 2 aliphatic heterocycles. The minimum absolute atomic E-state index is 0.0884. The number of carbonyl (C=O) groups excluding carboxylic acids is 2. The van der Waals surface area contributed by atoms with Crippen molar-refractivity contribution in [1.82, 2.24) is 4.98 Å². The van der Waals surface area contributed by atoms with Crippen molar-refractivity contribution in [2.75, 3.05) is 31.8 Å². The third-order valence-electron chi connectivity index (χ3n) is 7.26. The molecule has 1 aromatic heterocycles. The van der Waals surface area contributed by atoms with Crippen molar-refractivity contribution < 1.29 is 33.6 Å². The highest BCUT2D eigenvalue weighted by Gasteiger charge is 2.48. The Balaban J connectivity index is 1.49. The van der Waals surface area contributed by atoms with Gasteiger partial charge < -0.3 is 24.1 Å². The summed E-state index contributed by atoms with van der Waals surface area (Å²) in [7, 11) is 1.53. The van der Waals surface area contributed by atoms with Crippen LogP contribution < -0.4 is 23.8 Å². The van der Waals surface area contributed by atoms with Crippen molar-refractivity contribution >= 4 is 55.7 Å². The largest absolute Gasteiger partial charge is 0.507 e. The van der Waals surface area contributed by atoms with E-state index in [-0.39, 0.29) is 11.3 Å². The fourth-order valence-corrected chi connectivity index (χ4v) is 6.33. The smallest absolute Gasteiger partial charge is 0.301 e. The number of amides is 1. The van der Waals surface area contributed by atoms with E-state index >= 15 is 0 Å². The first kappa shape index (κ1) is 28.8. The first-order valence-electron chi connectivity index (χ1n) is 13.8. The molecule has 1 atom stereocenters. The number of ether oxygens (including phenoxy) is 4. The summed E-state index contributed by atoms with van der Waals surface area (Å²) in [5.74, 6) is 0.404. The monoisotopic (exact) mass is 620 g/mol. The van der Waals surface area contributed by atoms with Crippen LogP contribution >= 0.6 is 22.9 Å². The summed E-state index contributed by atoms with van der Waals surface area (Å²) in [6.07, 6.45) is 0.863. The van der Waals surface area contributed by atoms with Crippen LogP contribution in [0.5, 0.6) is 23.0 Å². The molecule has 1 N–H and O–H groups in total. The second-order valence-corrected chi connectivity index (χ2v) is 12.0. The molecular weight excluding hydrogens is 592 g/mol. The zero-order valence-electron chi connectivity index (χ0n) is 23.8. The summed E-state index contributed by atoms with van der Waals surface area (Å²) >= 11 is 7.44. The van der Waals surface area contributed by atoms with E-state index in [1.807, 2.05) is 0 Å². The molecule has 3 aromatic carbocycles. The van der Waals surface area contributed by atoms with Gasteiger partial charge in [-0.05, 0) is 66.4 Å². The zero-order chi connectivity index (χ0) is 30.2. The van der Waals surface area contributed by atoms with Gasteiger partial charge in [0.25, 0.3) is 5.78 Å². The number of fused-ring (bicyclic) bond motifs is 2. The van der Waals surface area contributed by atoms with Gasteiger partial charge in [-0.1, -0.05) is 42.9 Å². The highest BCUT2D eigenvalue weighted by molar-refractivity contribution is 7.22. The summed E-state index contributed by atoms with van der Waals surface area (Å²) in [5.41, 5.74) is 1.38. The molecule has 1 amide bonds. The van der Waals surface area contributed by atoms with Crippen LogP contribution in [0.25, 0.3) is 16.0 Å². The molecule has 0 radical (unpaired) electrons. The Labute approximate surface area is 257 Å². The molecule has 222 valence electrons. The molecule has 0 bridgehead atoms. The van der Waals surface area contributed by atoms with Crippen molar-refractivity contribution in [3.8, 4) is 23.0 Å². The number of aromatic nitrogens is 1. The fourth-order valence-electron chi connectivity index (χ4n) is 5.06. The van der Waals surface area contributed by atoms with E-state index in [4.69, 9.17) is 30.5 Å². The normalized spacial score (nSPS) is 17.6. The average molecular weight is 621 g/mol. The fraction of sp³-hybridized carbons (Fsp3) is 0.281. The topological polar surface area (TPSA) is 107 Å². The maximum atomic E-state index is 13.7. The molecule has 0 unspecified atom stereocenters. The number of carbonyl (C=O) groups is 2. The summed E-state index contributed by atoms with van der Waals surface area (Å²) < 4.78 is 23.7. The van der Waals surface area contributed by atoms with E-state index in [0.29, 0.717) is 75.5 Å². The van der Waals surface area contributed by atoms with Crippen LogP contribution in [0, 0.1) is 5.92 Å². The maximum absolute atomic E-state index is 13.7. The molecule has 0 spiro atoms. The molecule has 1 fully saturated rings. The van der Waals surface area contributed by atoms with E-state index in [1.165, 1.54) is 23.3 Å². The molecule has 1 saturated heterocycles. The second-order valence-electron chi connectivity index (χ2n) is 10.6. The Morgan fingerprint density at radius 3 is 2.63 bits per heavy atom. The molecule has 3 heterocycles. The Hall–Kier alpha value is -4.28. The standard InChI is InChI=1S/C32H29ClN2O7S/c1-17(2)10-11-40-22-8-4-18(14-24(22)39-3)28-27(29(36)19-5-9-23-25(15-19)42-13-12-41-23)30(37)31(38)35(28)32-34-21-7-6-20(33)16-26(21)43-32/h4-9,14-17,28,36H,10-13H2,1-3H3/t28-/m0/s1. The lowest BCUT2D eigenvalue weighted by Gasteiger charge is -2.24. The van der Waals surface area contributed by atoms with Crippen LogP contribution in [-0.2, 0) is 9.59 Å². The Bertz CT molecular complexity index is 1770. The van der Waals surface area contributed by atoms with Gasteiger partial charge in [-0.25, -0.2) is 4.98 Å². The van der Waals surface area contributed by atoms with E-state index < -0.39 is 17.7 Å². The molecule has 11 heteroatoms. The number of nitrogens with zero attached hydrogens (tertiary/aromatic N) is 2. The number of Topliss-reactive ketones (excluding diaryl/α,β-unsaturated/α-hetero) is 1. The molecule has 4 aromatic rings. The van der Waals surface area contributed by atoms with Gasteiger partial charge in [0, 0.05) is 10.6 Å². The van der Waals surface area contributed by atoms with E-state index in [9.17, 15) is 14.7 Å². The van der Waals surface area contributed by atoms with Crippen LogP contribution in [-0.4, -0.2) is 48.7 Å². The van der Waals surface area contributed by atoms with Crippen LogP contribution in [0.1, 0.15) is 37.4 Å². The summed E-state index contributed by atoms with van der Waals surface area (Å²) in [6, 6.07) is 14.3. The first-order valence-corrected chi connectivity index (χ1v) is 15.0. The van der Waals surface area contributed by atoms with Gasteiger partial charge in [0.15, 0.2) is 28.1 Å². The van der Waals surface area contributed by atoms with Crippen molar-refractivity contribution in [2.45, 2.75) is 26.3 Å². The quantitative estimate of drug-likeness (QED) is 0.130. The SMILES string of the molecule is COc1cc([C@H]2C(=C(O)c3ccc4c(c3)OCCO4)C(=O)C(=O)N2c2nc3ccc(Cl)cc3s2)ccc1OCCC(C)C. The van der Waals surface area contributed by atoms with Gasteiger partial charge in [0.2, 0.25) is 0 Å². The minimum atomic E-state index is -1.01. The third-order valence-corrected chi connectivity index (χ3v) is 8.51. The van der Waals surface area contributed by atoms with Gasteiger partial charge >= 0.3 is 5.91 Å². The predicted molar refractivity (Wildman–Crippen MR) is 165 cm³/mol. The number of rotatable bonds is 8. The molecule has 0 aliphatic carbocycles. The Morgan fingerprint density at radius 2 is 1.86 bits per heavy atom. The van der Waals surface area contributed by atoms with Gasteiger partial charge in [-0.2, -0.15) is 0 Å². The third kappa shape index (κ3) is 5.48. The van der Waals surface area contributed by atoms with Crippen LogP contribution in [0.4, 0.5) is 5.13 Å². The second kappa shape index (κ2) is 11.8. The number of aliphatic hydroxyl groups excluding tert-OH is 1. The van der Waals surface area contributed by atoms with E-state index in [0.717, 1.165) is 11.1 Å². The lowest BCUT2D eigenvalue weighted by molar-refractivity contribution is -0.132. The molecule has 0 saturated carbocycles. The number of benzene rings is 3. The number of halogens is 1. The summed E-state index contributed by atoms with van der Waals surface area (Å²) in [4.78, 5) is 33.4. The van der Waals surface area contributed by atoms with Crippen LogP contribution in [0.15, 0.2) is 60.2 Å². The van der Waals surface area contributed by atoms with E-state index in [1.54, 1.807) is 54.6 Å². The van der Waals surface area contributed by atoms with Gasteiger partial charge in [-0.3, -0.25) is 14.5 Å². The molecular formula is C32H29ClN2O7S. The molecule has 43 heavy (non-hydrogen) atoms. The highest BCUT2D eigenvalue weighted by atomic mass is 35.5. The Morgan fingerprint density at radius 1 is 1.07 bits per heavy atom. The van der Waals surface area contributed by atoms with Gasteiger partial charge in [-0.15, -0.1) is 0 Å². The van der Waals surface area contributed by atoms with Crippen molar-refractivity contribution in [1.29, 1.82) is 0 Å². The van der Waals surface area contributed by atoms with Crippen molar-refractivity contribution in [3.05, 3.63) is 76.3 Å². The number of ketones is 1. The molecule has 2 aliphatic rings. The maximum Gasteiger partial charge on any atom is 0.301 e. The lowest BCUT2D eigenvalue weighted by atomic mass is 9.95. The van der Waals surface area contributed by atoms with Crippen LogP contribution in [0.3, 0.4) is 0 Å². The number of anilines is 1. The summed E-state index contributed by atoms with van der Waals surface area (Å²) in [5, 5.41) is 12.4. The number of hydrogen-bond donors (Lipinski definition) is 1. The first-order chi connectivity index (χ1) is 20.7. The molecule has 9 nitrogen and oxygen atoms in total. The number of aliphatic hydroxyl groups is 1. The lowest BCUT2D eigenvalue weighted by Crippen LogP contribution is -2.29. The van der Waals surface area contributed by atoms with Gasteiger partial charge in [0.05, 0.1) is 35.5 Å². The predicted octanol–water partition coefficient (Wildman–Crippen LogP) is 6.78. The van der Waals surface area contributed by atoms with E-state index in [2.05, 4.69) is 18.8 Å². The van der Waals surface area contributed by atoms with Crippen molar-refractivity contribution in [2.24, 2.45) is 5.92 Å². The Kier molecular flexibility index (Phi) is 7.89. The zero-order valence-corrected chi connectivity index (χ0v) is 25.3. The number of methoxy groups -OCH3 is 1. The average Bonchev–Trinajstić information content (AvgIpc) is 3.53. The van der Waals surface area contributed by atoms with Crippen molar-refractivity contribution in [3.63, 3.8) is 0 Å². The van der Waals surface area contributed by atoms with Crippen LogP contribution in [0.2, 0.25) is 5.02 Å². The number of thiazole rings is 1. The number of hydrogen-bond acceptors (Lipinski definition) is 9. The molecule has 6 rings (SSSR count). The minimum Gasteiger partial charge on any atom is -0.507 e. The summed E-state index contributed by atoms with van der Waals surface area (Å²) in [6.45, 7) is 5.50. The van der Waals surface area contributed by atoms with Gasteiger partial charge in [0.1, 0.15) is 19.0 Å².